The maximum absolute atomic E-state index is 11.5. The molecule has 0 atom stereocenters. The van der Waals surface area contributed by atoms with E-state index in [2.05, 4.69) is 15.4 Å². The van der Waals surface area contributed by atoms with Crippen molar-refractivity contribution in [3.8, 4) is 5.88 Å². The molecule has 0 aliphatic heterocycles. The van der Waals surface area contributed by atoms with Crippen LogP contribution in [0.5, 0.6) is 5.88 Å². The lowest BCUT2D eigenvalue weighted by molar-refractivity contribution is 0.0514. The number of hydrogen-bond donors (Lipinski definition) is 1. The smallest absolute Gasteiger partial charge is 0.362 e. The van der Waals surface area contributed by atoms with Crippen molar-refractivity contribution >= 4 is 5.97 Å². The van der Waals surface area contributed by atoms with Crippen molar-refractivity contribution < 1.29 is 14.3 Å². The molecule has 94 valence electrons. The first-order valence-corrected chi connectivity index (χ1v) is 5.56. The average Bonchev–Trinajstić information content (AvgIpc) is 2.86. The largest absolute Gasteiger partial charge is 0.470 e. The zero-order valence-electron chi connectivity index (χ0n) is 9.92. The maximum atomic E-state index is 11.5. The van der Waals surface area contributed by atoms with Gasteiger partial charge in [0, 0.05) is 0 Å². The molecule has 2 aromatic rings. The molecule has 0 spiro atoms. The average molecular weight is 247 g/mol. The molecule has 0 saturated heterocycles. The number of benzene rings is 1. The summed E-state index contributed by atoms with van der Waals surface area (Å²) in [6.45, 7) is 2.34. The van der Waals surface area contributed by atoms with Gasteiger partial charge < -0.3 is 9.47 Å². The van der Waals surface area contributed by atoms with E-state index in [9.17, 15) is 4.79 Å². The number of aromatic nitrogens is 3. The topological polar surface area (TPSA) is 77.1 Å². The van der Waals surface area contributed by atoms with Crippen LogP contribution in [0.25, 0.3) is 0 Å². The Morgan fingerprint density at radius 3 is 2.83 bits per heavy atom. The minimum Gasteiger partial charge on any atom is -0.470 e. The number of hydrogen-bond acceptors (Lipinski definition) is 5. The fraction of sp³-hybridized carbons (Fsp3) is 0.250. The second kappa shape index (κ2) is 5.81. The third kappa shape index (κ3) is 2.85. The van der Waals surface area contributed by atoms with Crippen LogP contribution >= 0.6 is 0 Å². The van der Waals surface area contributed by atoms with E-state index in [-0.39, 0.29) is 18.2 Å². The lowest BCUT2D eigenvalue weighted by Crippen LogP contribution is -2.08. The Bertz CT molecular complexity index is 510. The number of nitrogens with one attached hydrogen (secondary N) is 1. The zero-order chi connectivity index (χ0) is 12.8. The Balaban J connectivity index is 2.02. The van der Waals surface area contributed by atoms with E-state index in [0.717, 1.165) is 5.56 Å². The first kappa shape index (κ1) is 12.1. The molecule has 0 aliphatic carbocycles. The number of carbonyl (C=O) groups is 1. The molecule has 6 nitrogen and oxygen atoms in total. The monoisotopic (exact) mass is 247 g/mol. The Hall–Kier alpha value is -2.37. The summed E-state index contributed by atoms with van der Waals surface area (Å²) in [6.07, 6.45) is 0. The summed E-state index contributed by atoms with van der Waals surface area (Å²) in [7, 11) is 0. The van der Waals surface area contributed by atoms with Crippen LogP contribution in [0, 0.1) is 0 Å². The van der Waals surface area contributed by atoms with E-state index in [1.807, 2.05) is 30.3 Å². The molecule has 6 heteroatoms. The van der Waals surface area contributed by atoms with Crippen LogP contribution < -0.4 is 4.74 Å². The molecule has 0 radical (unpaired) electrons. The minimum absolute atomic E-state index is 0.132. The highest BCUT2D eigenvalue weighted by molar-refractivity contribution is 5.89. The van der Waals surface area contributed by atoms with Crippen LogP contribution in [0.4, 0.5) is 0 Å². The van der Waals surface area contributed by atoms with Gasteiger partial charge in [-0.1, -0.05) is 40.6 Å². The summed E-state index contributed by atoms with van der Waals surface area (Å²) >= 11 is 0. The van der Waals surface area contributed by atoms with Crippen molar-refractivity contribution in [2.24, 2.45) is 0 Å². The third-order valence-corrected chi connectivity index (χ3v) is 2.21. The van der Waals surface area contributed by atoms with Gasteiger partial charge in [-0.3, -0.25) is 0 Å². The summed E-state index contributed by atoms with van der Waals surface area (Å²) in [6, 6.07) is 9.58. The van der Waals surface area contributed by atoms with Gasteiger partial charge in [-0.05, 0) is 12.5 Å². The van der Waals surface area contributed by atoms with E-state index >= 15 is 0 Å². The fourth-order valence-corrected chi connectivity index (χ4v) is 1.38. The lowest BCUT2D eigenvalue weighted by atomic mass is 10.2. The number of H-pyrrole nitrogens is 1. The van der Waals surface area contributed by atoms with E-state index < -0.39 is 5.97 Å². The first-order chi connectivity index (χ1) is 8.81. The Kier molecular flexibility index (Phi) is 3.90. The molecule has 1 heterocycles. The van der Waals surface area contributed by atoms with Gasteiger partial charge in [-0.25, -0.2) is 9.89 Å². The van der Waals surface area contributed by atoms with Crippen molar-refractivity contribution in [3.63, 3.8) is 0 Å². The van der Waals surface area contributed by atoms with Crippen LogP contribution in [-0.4, -0.2) is 28.0 Å². The van der Waals surface area contributed by atoms with E-state index in [4.69, 9.17) is 9.47 Å². The number of esters is 1. The van der Waals surface area contributed by atoms with Crippen LogP contribution in [0.1, 0.15) is 23.0 Å². The number of nitrogens with zero attached hydrogens (tertiary/aromatic N) is 2. The van der Waals surface area contributed by atoms with Crippen LogP contribution in [-0.2, 0) is 11.3 Å². The summed E-state index contributed by atoms with van der Waals surface area (Å²) in [5, 5.41) is 9.71. The van der Waals surface area contributed by atoms with Gasteiger partial charge >= 0.3 is 5.97 Å². The summed E-state index contributed by atoms with van der Waals surface area (Å²) in [5.74, 6) is -0.372. The highest BCUT2D eigenvalue weighted by Gasteiger charge is 2.18. The van der Waals surface area contributed by atoms with E-state index in [0.29, 0.717) is 6.61 Å². The molecular formula is C12H13N3O3. The maximum Gasteiger partial charge on any atom is 0.362 e. The molecule has 0 aliphatic rings. The van der Waals surface area contributed by atoms with Gasteiger partial charge in [-0.15, -0.1) is 0 Å². The Morgan fingerprint density at radius 2 is 2.11 bits per heavy atom. The van der Waals surface area contributed by atoms with Crippen molar-refractivity contribution in [1.29, 1.82) is 0 Å². The third-order valence-electron chi connectivity index (χ3n) is 2.21. The first-order valence-electron chi connectivity index (χ1n) is 5.56. The van der Waals surface area contributed by atoms with Crippen molar-refractivity contribution in [2.45, 2.75) is 13.5 Å². The molecule has 0 amide bonds. The molecule has 1 aromatic carbocycles. The number of aromatic amines is 1. The Morgan fingerprint density at radius 1 is 1.33 bits per heavy atom. The molecule has 0 bridgehead atoms. The molecule has 1 N–H and O–H groups in total. The second-order valence-electron chi connectivity index (χ2n) is 3.49. The van der Waals surface area contributed by atoms with Crippen molar-refractivity contribution in [2.75, 3.05) is 6.61 Å². The zero-order valence-corrected chi connectivity index (χ0v) is 9.92. The number of carbonyl (C=O) groups excluding carboxylic acids is 1. The van der Waals surface area contributed by atoms with Crippen LogP contribution in [0.3, 0.4) is 0 Å². The van der Waals surface area contributed by atoms with Crippen molar-refractivity contribution in [3.05, 3.63) is 41.6 Å². The SMILES string of the molecule is CCOC(=O)c1[nH]nnc1OCc1ccccc1. The molecule has 0 unspecified atom stereocenters. The van der Waals surface area contributed by atoms with E-state index in [1.54, 1.807) is 6.92 Å². The van der Waals surface area contributed by atoms with Crippen LogP contribution in [0.2, 0.25) is 0 Å². The van der Waals surface area contributed by atoms with Gasteiger partial charge in [0.25, 0.3) is 5.88 Å². The predicted molar refractivity (Wildman–Crippen MR) is 63.1 cm³/mol. The molecule has 0 saturated carbocycles. The van der Waals surface area contributed by atoms with Gasteiger partial charge in [0.2, 0.25) is 5.69 Å². The summed E-state index contributed by atoms with van der Waals surface area (Å²) < 4.78 is 10.3. The molecular weight excluding hydrogens is 234 g/mol. The highest BCUT2D eigenvalue weighted by Crippen LogP contribution is 2.14. The number of ether oxygens (including phenoxy) is 2. The quantitative estimate of drug-likeness (QED) is 0.811. The predicted octanol–water partition coefficient (Wildman–Crippen LogP) is 1.56. The van der Waals surface area contributed by atoms with Crippen molar-refractivity contribution in [1.82, 2.24) is 15.4 Å². The summed E-state index contributed by atoms with van der Waals surface area (Å²) in [4.78, 5) is 11.5. The van der Waals surface area contributed by atoms with Gasteiger partial charge in [-0.2, -0.15) is 0 Å². The molecule has 18 heavy (non-hydrogen) atoms. The van der Waals surface area contributed by atoms with Crippen LogP contribution in [0.15, 0.2) is 30.3 Å². The van der Waals surface area contributed by atoms with E-state index in [1.165, 1.54) is 0 Å². The normalized spacial score (nSPS) is 10.1. The standard InChI is InChI=1S/C12H13N3O3/c1-2-17-12(16)10-11(14-15-13-10)18-8-9-6-4-3-5-7-9/h3-7H,2,8H2,1H3,(H,13,14,15). The lowest BCUT2D eigenvalue weighted by Gasteiger charge is -2.04. The molecule has 2 rings (SSSR count). The molecule has 0 fully saturated rings. The second-order valence-corrected chi connectivity index (χ2v) is 3.49. The minimum atomic E-state index is -0.523. The van der Waals surface area contributed by atoms with Gasteiger partial charge in [0.1, 0.15) is 6.61 Å². The van der Waals surface area contributed by atoms with Gasteiger partial charge in [0.05, 0.1) is 6.61 Å². The van der Waals surface area contributed by atoms with Gasteiger partial charge in [0.15, 0.2) is 0 Å². The Labute approximate surface area is 104 Å². The molecule has 1 aromatic heterocycles. The fourth-order valence-electron chi connectivity index (χ4n) is 1.38. The number of rotatable bonds is 5. The summed E-state index contributed by atoms with van der Waals surface area (Å²) in [5.41, 5.74) is 1.11. The highest BCUT2D eigenvalue weighted by atomic mass is 16.5.